The SMILES string of the molecule is COP(=O)([O-])C(=O)OCc1ccccc1.[Na+]. The molecule has 0 N–H and O–H groups in total. The molecule has 1 atom stereocenters. The zero-order valence-corrected chi connectivity index (χ0v) is 12.0. The minimum Gasteiger partial charge on any atom is -0.770 e. The van der Waals surface area contributed by atoms with Crippen LogP contribution < -0.4 is 34.5 Å². The van der Waals surface area contributed by atoms with Gasteiger partial charge in [-0.1, -0.05) is 30.3 Å². The second-order valence-corrected chi connectivity index (χ2v) is 4.45. The third-order valence-corrected chi connectivity index (χ3v) is 2.73. The van der Waals surface area contributed by atoms with Gasteiger partial charge in [0, 0.05) is 7.11 Å². The zero-order valence-electron chi connectivity index (χ0n) is 9.08. The van der Waals surface area contributed by atoms with Crippen LogP contribution in [-0.2, 0) is 20.4 Å². The van der Waals surface area contributed by atoms with Crippen molar-refractivity contribution in [3.63, 3.8) is 0 Å². The minimum atomic E-state index is -4.51. The van der Waals surface area contributed by atoms with Gasteiger partial charge in [0.15, 0.2) is 0 Å². The van der Waals surface area contributed by atoms with Crippen molar-refractivity contribution in [3.8, 4) is 0 Å². The Labute approximate surface area is 116 Å². The third kappa shape index (κ3) is 4.78. The summed E-state index contributed by atoms with van der Waals surface area (Å²) in [5.74, 6) is 0. The predicted molar refractivity (Wildman–Crippen MR) is 51.2 cm³/mol. The van der Waals surface area contributed by atoms with Crippen molar-refractivity contribution in [2.75, 3.05) is 7.11 Å². The van der Waals surface area contributed by atoms with E-state index in [-0.39, 0.29) is 36.2 Å². The van der Waals surface area contributed by atoms with Gasteiger partial charge in [-0.3, -0.25) is 4.57 Å². The van der Waals surface area contributed by atoms with Gasteiger partial charge < -0.3 is 14.2 Å². The first-order valence-electron chi connectivity index (χ1n) is 4.14. The number of rotatable bonds is 4. The van der Waals surface area contributed by atoms with E-state index in [0.717, 1.165) is 7.11 Å². The number of hydrogen-bond donors (Lipinski definition) is 0. The van der Waals surface area contributed by atoms with E-state index >= 15 is 0 Å². The van der Waals surface area contributed by atoms with Gasteiger partial charge in [-0.25, -0.2) is 4.79 Å². The number of benzene rings is 1. The summed E-state index contributed by atoms with van der Waals surface area (Å²) in [5, 5.41) is 0. The summed E-state index contributed by atoms with van der Waals surface area (Å²) >= 11 is 0. The third-order valence-electron chi connectivity index (χ3n) is 1.67. The molecule has 0 heterocycles. The zero-order chi connectivity index (χ0) is 11.3. The second kappa shape index (κ2) is 7.22. The van der Waals surface area contributed by atoms with E-state index in [2.05, 4.69) is 9.26 Å². The molecule has 0 fully saturated rings. The second-order valence-electron chi connectivity index (χ2n) is 2.72. The molecule has 7 heteroatoms. The molecular formula is C9H10NaO5P. The maximum absolute atomic E-state index is 10.9. The molecule has 5 nitrogen and oxygen atoms in total. The number of ether oxygens (including phenoxy) is 1. The van der Waals surface area contributed by atoms with Gasteiger partial charge >= 0.3 is 35.3 Å². The molecule has 1 aromatic carbocycles. The largest absolute Gasteiger partial charge is 1.00 e. The fourth-order valence-electron chi connectivity index (χ4n) is 0.873. The first kappa shape index (κ1) is 15.8. The quantitative estimate of drug-likeness (QED) is 0.483. The molecule has 0 aliphatic rings. The van der Waals surface area contributed by atoms with Crippen molar-refractivity contribution in [1.82, 2.24) is 0 Å². The average Bonchev–Trinajstić information content (AvgIpc) is 2.27. The standard InChI is InChI=1S/C9H11O5P.Na/c1-13-15(11,12)9(10)14-7-8-5-3-2-4-6-8;/h2-6H,7H2,1H3,(H,11,12);/q;+1/p-1. The molecule has 0 radical (unpaired) electrons. The van der Waals surface area contributed by atoms with Gasteiger partial charge in [0.1, 0.15) is 6.61 Å². The van der Waals surface area contributed by atoms with Gasteiger partial charge in [-0.05, 0) is 5.56 Å². The summed E-state index contributed by atoms with van der Waals surface area (Å²) in [7, 11) is -3.60. The van der Waals surface area contributed by atoms with Crippen LogP contribution in [0.25, 0.3) is 0 Å². The summed E-state index contributed by atoms with van der Waals surface area (Å²) < 4.78 is 19.4. The molecule has 0 aliphatic heterocycles. The van der Waals surface area contributed by atoms with Crippen LogP contribution in [-0.4, -0.2) is 12.8 Å². The van der Waals surface area contributed by atoms with Crippen molar-refractivity contribution >= 4 is 13.3 Å². The van der Waals surface area contributed by atoms with Crippen LogP contribution in [0.2, 0.25) is 0 Å². The van der Waals surface area contributed by atoms with Crippen LogP contribution in [0.5, 0.6) is 0 Å². The summed E-state index contributed by atoms with van der Waals surface area (Å²) in [4.78, 5) is 21.8. The van der Waals surface area contributed by atoms with E-state index in [1.807, 2.05) is 0 Å². The topological polar surface area (TPSA) is 75.7 Å². The molecule has 82 valence electrons. The van der Waals surface area contributed by atoms with Crippen molar-refractivity contribution in [2.24, 2.45) is 0 Å². The summed E-state index contributed by atoms with van der Waals surface area (Å²) in [6, 6.07) is 8.76. The monoisotopic (exact) mass is 252 g/mol. The Bertz CT molecular complexity index is 381. The van der Waals surface area contributed by atoms with E-state index in [1.165, 1.54) is 0 Å². The van der Waals surface area contributed by atoms with Crippen molar-refractivity contribution in [2.45, 2.75) is 6.61 Å². The minimum absolute atomic E-state index is 0. The van der Waals surface area contributed by atoms with Crippen LogP contribution in [0.4, 0.5) is 4.79 Å². The number of hydrogen-bond acceptors (Lipinski definition) is 5. The van der Waals surface area contributed by atoms with Crippen LogP contribution >= 0.6 is 7.60 Å². The Morgan fingerprint density at radius 1 is 1.38 bits per heavy atom. The van der Waals surface area contributed by atoms with Crippen LogP contribution in [0.1, 0.15) is 5.56 Å². The molecular weight excluding hydrogens is 242 g/mol. The van der Waals surface area contributed by atoms with Crippen molar-refractivity contribution in [1.29, 1.82) is 0 Å². The summed E-state index contributed by atoms with van der Waals surface area (Å²) in [5.41, 5.74) is -0.643. The molecule has 0 spiro atoms. The van der Waals surface area contributed by atoms with Crippen LogP contribution in [0, 0.1) is 0 Å². The molecule has 0 amide bonds. The number of carbonyl (C=O) groups is 1. The van der Waals surface area contributed by atoms with E-state index < -0.39 is 13.3 Å². The normalized spacial score (nSPS) is 13.4. The van der Waals surface area contributed by atoms with Crippen LogP contribution in [0.15, 0.2) is 30.3 Å². The summed E-state index contributed by atoms with van der Waals surface area (Å²) in [6.45, 7) is -0.0880. The fraction of sp³-hybridized carbons (Fsp3) is 0.222. The molecule has 1 rings (SSSR count). The Morgan fingerprint density at radius 2 is 1.94 bits per heavy atom. The van der Waals surface area contributed by atoms with Crippen LogP contribution in [0.3, 0.4) is 0 Å². The molecule has 16 heavy (non-hydrogen) atoms. The van der Waals surface area contributed by atoms with Gasteiger partial charge in [-0.15, -0.1) is 0 Å². The molecule has 1 unspecified atom stereocenters. The maximum atomic E-state index is 10.9. The van der Waals surface area contributed by atoms with Crippen molar-refractivity contribution < 1.29 is 53.1 Å². The Kier molecular flexibility index (Phi) is 7.15. The molecule has 0 aliphatic carbocycles. The van der Waals surface area contributed by atoms with Gasteiger partial charge in [0.25, 0.3) is 0 Å². The van der Waals surface area contributed by atoms with Crippen molar-refractivity contribution in [3.05, 3.63) is 35.9 Å². The predicted octanol–water partition coefficient (Wildman–Crippen LogP) is -1.47. The Hall–Kier alpha value is -0.160. The fourth-order valence-corrected chi connectivity index (χ4v) is 1.24. The first-order valence-corrected chi connectivity index (χ1v) is 5.68. The number of carbonyl (C=O) groups excluding carboxylic acids is 1. The molecule has 1 aromatic rings. The van der Waals surface area contributed by atoms with Gasteiger partial charge in [-0.2, -0.15) is 0 Å². The van der Waals surface area contributed by atoms with E-state index in [1.54, 1.807) is 30.3 Å². The average molecular weight is 252 g/mol. The Balaban J connectivity index is 0.00000225. The van der Waals surface area contributed by atoms with E-state index in [4.69, 9.17) is 0 Å². The smallest absolute Gasteiger partial charge is 0.770 e. The molecule has 0 bridgehead atoms. The van der Waals surface area contributed by atoms with Gasteiger partial charge in [0.2, 0.25) is 7.60 Å². The summed E-state index contributed by atoms with van der Waals surface area (Å²) in [6.07, 6.45) is 0. The first-order chi connectivity index (χ1) is 7.06. The molecule has 0 saturated heterocycles. The van der Waals surface area contributed by atoms with E-state index in [0.29, 0.717) is 5.56 Å². The van der Waals surface area contributed by atoms with Gasteiger partial charge in [0.05, 0.1) is 0 Å². The maximum Gasteiger partial charge on any atom is 1.00 e. The Morgan fingerprint density at radius 3 is 2.44 bits per heavy atom. The molecule has 0 aromatic heterocycles. The van der Waals surface area contributed by atoms with E-state index in [9.17, 15) is 14.3 Å². The molecule has 0 saturated carbocycles.